The Balaban J connectivity index is 1.54. The number of nitrogens with zero attached hydrogens (tertiary/aromatic N) is 3. The van der Waals surface area contributed by atoms with Crippen LogP contribution < -0.4 is 5.32 Å². The summed E-state index contributed by atoms with van der Waals surface area (Å²) in [6, 6.07) is 5.47. The molecule has 182 valence electrons. The zero-order valence-corrected chi connectivity index (χ0v) is 20.6. The summed E-state index contributed by atoms with van der Waals surface area (Å²) >= 11 is 3.07. The molecule has 3 aliphatic rings. The molecule has 0 saturated carbocycles. The summed E-state index contributed by atoms with van der Waals surface area (Å²) in [6.45, 7) is 4.75. The second kappa shape index (κ2) is 9.96. The van der Waals surface area contributed by atoms with Crippen LogP contribution in [0.25, 0.3) is 0 Å². The number of thioether (sulfide) groups is 2. The van der Waals surface area contributed by atoms with E-state index < -0.39 is 22.9 Å². The van der Waals surface area contributed by atoms with Crippen molar-refractivity contribution in [3.05, 3.63) is 50.5 Å². The van der Waals surface area contributed by atoms with Gasteiger partial charge < -0.3 is 20.1 Å². The SMILES string of the molecule is CSC1=NC[C@H](SC2=C(C(=O)OCc3ccc([N+](=O)[O-])cc3)N3C(=O)[C@H]([C@@H](C)O)[C@H]3[C@H]2C)CN1. The van der Waals surface area contributed by atoms with E-state index in [0.29, 0.717) is 18.7 Å². The molecular formula is C22H26N4O6S2. The Labute approximate surface area is 205 Å². The number of carbonyl (C=O) groups is 2. The van der Waals surface area contributed by atoms with Gasteiger partial charge in [-0.25, -0.2) is 4.79 Å². The zero-order chi connectivity index (χ0) is 24.6. The predicted octanol–water partition coefficient (Wildman–Crippen LogP) is 2.13. The topological polar surface area (TPSA) is 134 Å². The Bertz CT molecular complexity index is 1060. The van der Waals surface area contributed by atoms with Crippen LogP contribution in [0.1, 0.15) is 19.4 Å². The second-order valence-electron chi connectivity index (χ2n) is 8.44. The quantitative estimate of drug-likeness (QED) is 0.247. The van der Waals surface area contributed by atoms with Crippen molar-refractivity contribution in [1.29, 1.82) is 0 Å². The lowest BCUT2D eigenvalue weighted by Crippen LogP contribution is -2.63. The third kappa shape index (κ3) is 4.53. The number of hydrogen-bond donors (Lipinski definition) is 2. The fraction of sp³-hybridized carbons (Fsp3) is 0.500. The first-order valence-electron chi connectivity index (χ1n) is 10.9. The first-order valence-corrected chi connectivity index (χ1v) is 13.0. The van der Waals surface area contributed by atoms with E-state index >= 15 is 0 Å². The highest BCUT2D eigenvalue weighted by Crippen LogP contribution is 2.51. The van der Waals surface area contributed by atoms with Crippen LogP contribution in [0.4, 0.5) is 5.69 Å². The highest BCUT2D eigenvalue weighted by atomic mass is 32.2. The average Bonchev–Trinajstić information content (AvgIpc) is 3.06. The molecule has 5 atom stereocenters. The van der Waals surface area contributed by atoms with Crippen molar-refractivity contribution in [1.82, 2.24) is 10.2 Å². The van der Waals surface area contributed by atoms with Crippen LogP contribution in [-0.2, 0) is 20.9 Å². The number of nitrogens with one attached hydrogen (secondary N) is 1. The summed E-state index contributed by atoms with van der Waals surface area (Å²) in [5.74, 6) is -1.59. The maximum atomic E-state index is 13.2. The van der Waals surface area contributed by atoms with Crippen molar-refractivity contribution >= 4 is 46.3 Å². The van der Waals surface area contributed by atoms with E-state index in [-0.39, 0.29) is 41.1 Å². The summed E-state index contributed by atoms with van der Waals surface area (Å²) in [5, 5.41) is 25.2. The molecule has 3 aliphatic heterocycles. The molecule has 1 fully saturated rings. The van der Waals surface area contributed by atoms with Crippen molar-refractivity contribution in [3.63, 3.8) is 0 Å². The van der Waals surface area contributed by atoms with Gasteiger partial charge in [-0.1, -0.05) is 18.7 Å². The molecule has 0 unspecified atom stereocenters. The largest absolute Gasteiger partial charge is 0.456 e. The number of non-ortho nitro benzene ring substituents is 1. The number of nitro groups is 1. The molecular weight excluding hydrogens is 480 g/mol. The van der Waals surface area contributed by atoms with E-state index in [2.05, 4.69) is 10.3 Å². The van der Waals surface area contributed by atoms with Crippen LogP contribution in [0.5, 0.6) is 0 Å². The molecule has 4 rings (SSSR count). The number of hydrogen-bond acceptors (Lipinski definition) is 10. The van der Waals surface area contributed by atoms with Gasteiger partial charge >= 0.3 is 5.97 Å². The van der Waals surface area contributed by atoms with Crippen LogP contribution in [0.3, 0.4) is 0 Å². The summed E-state index contributed by atoms with van der Waals surface area (Å²) in [7, 11) is 0. The average molecular weight is 507 g/mol. The fourth-order valence-corrected chi connectivity index (χ4v) is 6.26. The Kier molecular flexibility index (Phi) is 7.20. The summed E-state index contributed by atoms with van der Waals surface area (Å²) in [4.78, 5) is 43.1. The molecule has 1 saturated heterocycles. The Morgan fingerprint density at radius 3 is 2.68 bits per heavy atom. The second-order valence-corrected chi connectivity index (χ2v) is 10.6. The van der Waals surface area contributed by atoms with Crippen LogP contribution >= 0.6 is 23.5 Å². The number of aliphatic imine (C=N–C) groups is 1. The van der Waals surface area contributed by atoms with Gasteiger partial charge in [0.1, 0.15) is 12.3 Å². The molecule has 0 aromatic heterocycles. The Morgan fingerprint density at radius 1 is 1.41 bits per heavy atom. The van der Waals surface area contributed by atoms with E-state index in [4.69, 9.17) is 4.74 Å². The molecule has 0 spiro atoms. The van der Waals surface area contributed by atoms with Crippen molar-refractivity contribution in [2.24, 2.45) is 16.8 Å². The number of ether oxygens (including phenoxy) is 1. The zero-order valence-electron chi connectivity index (χ0n) is 19.0. The molecule has 3 heterocycles. The van der Waals surface area contributed by atoms with Gasteiger partial charge in [-0.3, -0.25) is 19.9 Å². The highest BCUT2D eigenvalue weighted by molar-refractivity contribution is 8.13. The molecule has 1 aromatic rings. The molecule has 1 aromatic carbocycles. The Hall–Kier alpha value is -2.57. The number of rotatable bonds is 7. The smallest absolute Gasteiger partial charge is 0.356 e. The standard InChI is InChI=1S/C22H26N4O6S2/c1-11-17-16(12(2)27)20(28)25(17)18(19(11)34-15-8-23-22(33-3)24-9-15)21(29)32-10-13-4-6-14(7-5-13)26(30)31/h4-7,11-12,15-17,27H,8-10H2,1-3H3,(H,23,24)/t11-,12-,16-,17-/m1/s1. The lowest BCUT2D eigenvalue weighted by Gasteiger charge is -2.46. The molecule has 12 heteroatoms. The van der Waals surface area contributed by atoms with Gasteiger partial charge in [0.05, 0.1) is 29.5 Å². The van der Waals surface area contributed by atoms with Gasteiger partial charge in [0.25, 0.3) is 5.69 Å². The lowest BCUT2D eigenvalue weighted by molar-refractivity contribution is -0.384. The molecule has 0 aliphatic carbocycles. The summed E-state index contributed by atoms with van der Waals surface area (Å²) < 4.78 is 5.53. The monoisotopic (exact) mass is 506 g/mol. The number of β-lactam (4-membered cyclic amide) rings is 1. The predicted molar refractivity (Wildman–Crippen MR) is 130 cm³/mol. The van der Waals surface area contributed by atoms with Crippen LogP contribution in [0.15, 0.2) is 39.9 Å². The molecule has 1 amide bonds. The van der Waals surface area contributed by atoms with Gasteiger partial charge in [-0.15, -0.1) is 11.8 Å². The molecule has 10 nitrogen and oxygen atoms in total. The van der Waals surface area contributed by atoms with Crippen molar-refractivity contribution < 1.29 is 24.4 Å². The van der Waals surface area contributed by atoms with Gasteiger partial charge in [0.15, 0.2) is 5.17 Å². The maximum absolute atomic E-state index is 13.2. The number of aliphatic hydroxyl groups is 1. The highest BCUT2D eigenvalue weighted by Gasteiger charge is 2.60. The van der Waals surface area contributed by atoms with Crippen LogP contribution in [0, 0.1) is 22.0 Å². The lowest BCUT2D eigenvalue weighted by atomic mass is 9.79. The third-order valence-electron chi connectivity index (χ3n) is 6.23. The minimum atomic E-state index is -0.817. The minimum Gasteiger partial charge on any atom is -0.456 e. The van der Waals surface area contributed by atoms with Crippen molar-refractivity contribution in [2.75, 3.05) is 19.3 Å². The van der Waals surface area contributed by atoms with Gasteiger partial charge in [-0.2, -0.15) is 0 Å². The van der Waals surface area contributed by atoms with E-state index in [1.165, 1.54) is 40.9 Å². The number of nitro benzene ring substituents is 1. The van der Waals surface area contributed by atoms with Gasteiger partial charge in [0.2, 0.25) is 5.91 Å². The van der Waals surface area contributed by atoms with Crippen LogP contribution in [0.2, 0.25) is 0 Å². The number of esters is 1. The summed E-state index contributed by atoms with van der Waals surface area (Å²) in [5.41, 5.74) is 0.780. The van der Waals surface area contributed by atoms with Crippen molar-refractivity contribution in [2.45, 2.75) is 37.9 Å². The third-order valence-corrected chi connectivity index (χ3v) is 8.35. The summed E-state index contributed by atoms with van der Waals surface area (Å²) in [6.07, 6.45) is 1.13. The van der Waals surface area contributed by atoms with Crippen molar-refractivity contribution in [3.8, 4) is 0 Å². The number of carbonyl (C=O) groups excluding carboxylic acids is 2. The molecule has 34 heavy (non-hydrogen) atoms. The number of fused-ring (bicyclic) bond motifs is 1. The molecule has 0 radical (unpaired) electrons. The number of amidine groups is 1. The van der Waals surface area contributed by atoms with E-state index in [9.17, 15) is 24.8 Å². The van der Waals surface area contributed by atoms with E-state index in [1.54, 1.807) is 18.7 Å². The van der Waals surface area contributed by atoms with Gasteiger partial charge in [-0.05, 0) is 30.9 Å². The Morgan fingerprint density at radius 2 is 2.12 bits per heavy atom. The van der Waals surface area contributed by atoms with Gasteiger partial charge in [0, 0.05) is 34.8 Å². The fourth-order valence-electron chi connectivity index (χ4n) is 4.50. The molecule has 0 bridgehead atoms. The maximum Gasteiger partial charge on any atom is 0.356 e. The van der Waals surface area contributed by atoms with E-state index in [1.807, 2.05) is 13.2 Å². The van der Waals surface area contributed by atoms with E-state index in [0.717, 1.165) is 10.1 Å². The first-order chi connectivity index (χ1) is 16.2. The molecule has 2 N–H and O–H groups in total. The normalized spacial score (nSPS) is 26.9. The number of benzene rings is 1. The minimum absolute atomic E-state index is 0.0485. The number of aliphatic hydroxyl groups excluding tert-OH is 1. The number of amides is 1. The van der Waals surface area contributed by atoms with Crippen LogP contribution in [-0.4, -0.2) is 68.7 Å². The first kappa shape index (κ1) is 24.6.